The van der Waals surface area contributed by atoms with Crippen molar-refractivity contribution < 1.29 is 4.74 Å². The lowest BCUT2D eigenvalue weighted by Crippen LogP contribution is -2.50. The number of ether oxygens (including phenoxy) is 1. The molecule has 2 N–H and O–H groups in total. The molecule has 0 radical (unpaired) electrons. The first kappa shape index (κ1) is 21.3. The predicted octanol–water partition coefficient (Wildman–Crippen LogP) is 1.95. The lowest BCUT2D eigenvalue weighted by atomic mass is 10.1. The fourth-order valence-electron chi connectivity index (χ4n) is 3.56. The van der Waals surface area contributed by atoms with Crippen LogP contribution in [0.3, 0.4) is 0 Å². The van der Waals surface area contributed by atoms with E-state index in [1.807, 2.05) is 12.5 Å². The largest absolute Gasteiger partial charge is 0.374 e. The summed E-state index contributed by atoms with van der Waals surface area (Å²) in [4.78, 5) is 10.9. The van der Waals surface area contributed by atoms with Crippen molar-refractivity contribution in [2.45, 2.75) is 33.0 Å². The average Bonchev–Trinajstić information content (AvgIpc) is 3.22. The molecule has 3 rings (SSSR count). The minimum Gasteiger partial charge on any atom is -0.374 e. The highest BCUT2D eigenvalue weighted by Gasteiger charge is 2.21. The van der Waals surface area contributed by atoms with Crippen molar-refractivity contribution in [3.05, 3.63) is 54.1 Å². The summed E-state index contributed by atoms with van der Waals surface area (Å²) in [5, 5.41) is 6.79. The van der Waals surface area contributed by atoms with E-state index >= 15 is 0 Å². The number of benzene rings is 1. The molecule has 2 aromatic rings. The van der Waals surface area contributed by atoms with Gasteiger partial charge in [0.25, 0.3) is 0 Å². The highest BCUT2D eigenvalue weighted by molar-refractivity contribution is 5.79. The lowest BCUT2D eigenvalue weighted by Gasteiger charge is -2.34. The highest BCUT2D eigenvalue weighted by atomic mass is 16.5. The molecule has 1 unspecified atom stereocenters. The van der Waals surface area contributed by atoms with E-state index in [-0.39, 0.29) is 6.10 Å². The summed E-state index contributed by atoms with van der Waals surface area (Å²) in [6.07, 6.45) is 5.81. The molecule has 1 aromatic carbocycles. The minimum absolute atomic E-state index is 0.198. The number of morpholine rings is 1. The van der Waals surface area contributed by atoms with E-state index in [1.165, 1.54) is 11.1 Å². The zero-order valence-electron chi connectivity index (χ0n) is 17.8. The SMILES string of the molecule is CN=C(NCc1ccc(Cn2ccnc2)cc1)NCC1CN(CC(C)C)CCO1. The number of hydrogen-bond acceptors (Lipinski definition) is 4. The molecule has 0 amide bonds. The van der Waals surface area contributed by atoms with Gasteiger partial charge in [-0.2, -0.15) is 0 Å². The van der Waals surface area contributed by atoms with Crippen LogP contribution in [0.25, 0.3) is 0 Å². The first-order valence-electron chi connectivity index (χ1n) is 10.4. The number of aromatic nitrogens is 2. The number of nitrogens with one attached hydrogen (secondary N) is 2. The Kier molecular flexibility index (Phi) is 8.07. The van der Waals surface area contributed by atoms with Crippen LogP contribution >= 0.6 is 0 Å². The normalized spacial score (nSPS) is 18.2. The second-order valence-corrected chi connectivity index (χ2v) is 8.00. The third kappa shape index (κ3) is 7.18. The van der Waals surface area contributed by atoms with E-state index in [0.717, 1.165) is 51.8 Å². The molecule has 0 spiro atoms. The molecule has 0 bridgehead atoms. The maximum Gasteiger partial charge on any atom is 0.191 e. The van der Waals surface area contributed by atoms with Crippen LogP contribution in [-0.4, -0.2) is 66.3 Å². The summed E-state index contributed by atoms with van der Waals surface area (Å²) in [6, 6.07) is 8.62. The molecule has 29 heavy (non-hydrogen) atoms. The van der Waals surface area contributed by atoms with Crippen LogP contribution in [0.1, 0.15) is 25.0 Å². The van der Waals surface area contributed by atoms with Crippen molar-refractivity contribution in [2.24, 2.45) is 10.9 Å². The van der Waals surface area contributed by atoms with E-state index in [4.69, 9.17) is 4.74 Å². The topological polar surface area (TPSA) is 66.7 Å². The lowest BCUT2D eigenvalue weighted by molar-refractivity contribution is -0.0284. The molecule has 1 fully saturated rings. The standard InChI is InChI=1S/C22H34N6O/c1-18(2)14-27-10-11-29-21(16-27)13-26-22(23-3)25-12-19-4-6-20(7-5-19)15-28-9-8-24-17-28/h4-9,17-18,21H,10-16H2,1-3H3,(H2,23,25,26). The molecule has 1 aromatic heterocycles. The second-order valence-electron chi connectivity index (χ2n) is 8.00. The average molecular weight is 399 g/mol. The molecule has 1 atom stereocenters. The van der Waals surface area contributed by atoms with Crippen molar-refractivity contribution in [3.8, 4) is 0 Å². The van der Waals surface area contributed by atoms with Gasteiger partial charge < -0.3 is 19.9 Å². The Bertz CT molecular complexity index is 741. The zero-order valence-corrected chi connectivity index (χ0v) is 17.8. The summed E-state index contributed by atoms with van der Waals surface area (Å²) in [5.74, 6) is 1.49. The van der Waals surface area contributed by atoms with E-state index in [1.54, 1.807) is 13.2 Å². The number of rotatable bonds is 8. The van der Waals surface area contributed by atoms with Crippen molar-refractivity contribution in [3.63, 3.8) is 0 Å². The van der Waals surface area contributed by atoms with Crippen LogP contribution in [0.15, 0.2) is 48.0 Å². The molecule has 1 aliphatic heterocycles. The third-order valence-corrected chi connectivity index (χ3v) is 4.97. The van der Waals surface area contributed by atoms with Gasteiger partial charge >= 0.3 is 0 Å². The zero-order chi connectivity index (χ0) is 20.5. The number of aliphatic imine (C=N–C) groups is 1. The summed E-state index contributed by atoms with van der Waals surface area (Å²) in [5.41, 5.74) is 2.48. The smallest absolute Gasteiger partial charge is 0.191 e. The van der Waals surface area contributed by atoms with Crippen molar-refractivity contribution >= 4 is 5.96 Å². The Labute approximate surface area is 174 Å². The van der Waals surface area contributed by atoms with Gasteiger partial charge in [-0.15, -0.1) is 0 Å². The molecular weight excluding hydrogens is 364 g/mol. The quantitative estimate of drug-likeness (QED) is 0.526. The Balaban J connectivity index is 1.41. The van der Waals surface area contributed by atoms with Crippen molar-refractivity contribution in [1.29, 1.82) is 0 Å². The Morgan fingerprint density at radius 3 is 2.72 bits per heavy atom. The molecule has 1 saturated heterocycles. The van der Waals surface area contributed by atoms with E-state index in [0.29, 0.717) is 5.92 Å². The third-order valence-electron chi connectivity index (χ3n) is 4.97. The van der Waals surface area contributed by atoms with E-state index in [2.05, 4.69) is 68.2 Å². The maximum atomic E-state index is 5.91. The van der Waals surface area contributed by atoms with Crippen LogP contribution in [0.5, 0.6) is 0 Å². The van der Waals surface area contributed by atoms with Crippen LogP contribution in [0.2, 0.25) is 0 Å². The number of nitrogens with zero attached hydrogens (tertiary/aromatic N) is 4. The van der Waals surface area contributed by atoms with Crippen molar-refractivity contribution in [1.82, 2.24) is 25.1 Å². The van der Waals surface area contributed by atoms with Crippen LogP contribution < -0.4 is 10.6 Å². The first-order chi connectivity index (χ1) is 14.1. The predicted molar refractivity (Wildman–Crippen MR) is 117 cm³/mol. The molecule has 2 heterocycles. The second kappa shape index (κ2) is 11.0. The molecule has 1 aliphatic rings. The van der Waals surface area contributed by atoms with Gasteiger partial charge in [0.15, 0.2) is 5.96 Å². The summed E-state index contributed by atoms with van der Waals surface area (Å²) < 4.78 is 7.97. The summed E-state index contributed by atoms with van der Waals surface area (Å²) in [6.45, 7) is 10.8. The molecule has 158 valence electrons. The Hall–Kier alpha value is -2.38. The minimum atomic E-state index is 0.198. The van der Waals surface area contributed by atoms with E-state index in [9.17, 15) is 0 Å². The fraction of sp³-hybridized carbons (Fsp3) is 0.545. The van der Waals surface area contributed by atoms with Gasteiger partial charge in [-0.1, -0.05) is 38.1 Å². The molecule has 0 saturated carbocycles. The molecular formula is C22H34N6O. The first-order valence-corrected chi connectivity index (χ1v) is 10.4. The van der Waals surface area contributed by atoms with Gasteiger partial charge in [0.1, 0.15) is 0 Å². The van der Waals surface area contributed by atoms with Gasteiger partial charge in [0, 0.05) is 58.7 Å². The van der Waals surface area contributed by atoms with Gasteiger partial charge in [-0.25, -0.2) is 4.98 Å². The van der Waals surface area contributed by atoms with Gasteiger partial charge in [-0.3, -0.25) is 9.89 Å². The number of hydrogen-bond donors (Lipinski definition) is 2. The Morgan fingerprint density at radius 1 is 1.24 bits per heavy atom. The summed E-state index contributed by atoms with van der Waals surface area (Å²) >= 11 is 0. The van der Waals surface area contributed by atoms with Crippen LogP contribution in [-0.2, 0) is 17.8 Å². The molecule has 7 heteroatoms. The van der Waals surface area contributed by atoms with Crippen LogP contribution in [0, 0.1) is 5.92 Å². The monoisotopic (exact) mass is 398 g/mol. The van der Waals surface area contributed by atoms with Gasteiger partial charge in [0.05, 0.1) is 19.0 Å². The summed E-state index contributed by atoms with van der Waals surface area (Å²) in [7, 11) is 1.80. The van der Waals surface area contributed by atoms with Crippen LogP contribution in [0.4, 0.5) is 0 Å². The highest BCUT2D eigenvalue weighted by Crippen LogP contribution is 2.08. The van der Waals surface area contributed by atoms with E-state index < -0.39 is 0 Å². The van der Waals surface area contributed by atoms with Crippen molar-refractivity contribution in [2.75, 3.05) is 39.8 Å². The fourth-order valence-corrected chi connectivity index (χ4v) is 3.56. The number of guanidine groups is 1. The maximum absolute atomic E-state index is 5.91. The van der Waals surface area contributed by atoms with Gasteiger partial charge in [0.2, 0.25) is 0 Å². The van der Waals surface area contributed by atoms with Gasteiger partial charge in [-0.05, 0) is 17.0 Å². The number of imidazole rings is 1. The molecule has 0 aliphatic carbocycles. The Morgan fingerprint density at radius 2 is 2.03 bits per heavy atom. The molecule has 7 nitrogen and oxygen atoms in total.